The van der Waals surface area contributed by atoms with E-state index in [1.165, 1.54) is 0 Å². The van der Waals surface area contributed by atoms with Crippen molar-refractivity contribution in [3.63, 3.8) is 0 Å². The van der Waals surface area contributed by atoms with Gasteiger partial charge in [0.05, 0.1) is 13.2 Å². The molecule has 2 fully saturated rings. The lowest BCUT2D eigenvalue weighted by molar-refractivity contribution is 0.0106. The third-order valence-electron chi connectivity index (χ3n) is 4.56. The fraction of sp³-hybridized carbons (Fsp3) is 0.647. The van der Waals surface area contributed by atoms with Crippen LogP contribution in [0.5, 0.6) is 0 Å². The third-order valence-corrected chi connectivity index (χ3v) is 4.56. The Balaban J connectivity index is 1.76. The van der Waals surface area contributed by atoms with E-state index in [-0.39, 0.29) is 17.4 Å². The van der Waals surface area contributed by atoms with E-state index in [1.807, 2.05) is 44.0 Å². The summed E-state index contributed by atoms with van der Waals surface area (Å²) in [5.41, 5.74) is 0.569. The highest BCUT2D eigenvalue weighted by Crippen LogP contribution is 2.43. The molecule has 1 aromatic heterocycles. The summed E-state index contributed by atoms with van der Waals surface area (Å²) in [6, 6.07) is 6.03. The van der Waals surface area contributed by atoms with Gasteiger partial charge in [0, 0.05) is 36.3 Å². The van der Waals surface area contributed by atoms with E-state index >= 15 is 0 Å². The highest BCUT2D eigenvalue weighted by Gasteiger charge is 2.50. The Kier molecular flexibility index (Phi) is 3.85. The average Bonchev–Trinajstić information content (AvgIpc) is 2.90. The summed E-state index contributed by atoms with van der Waals surface area (Å²) in [7, 11) is 0. The number of carbonyl (C=O) groups excluding carboxylic acids is 1. The molecule has 3 rings (SSSR count). The van der Waals surface area contributed by atoms with Crippen LogP contribution in [-0.4, -0.2) is 47.9 Å². The zero-order valence-electron chi connectivity index (χ0n) is 13.5. The van der Waals surface area contributed by atoms with Crippen LogP contribution in [0.4, 0.5) is 4.79 Å². The van der Waals surface area contributed by atoms with Crippen molar-refractivity contribution in [2.45, 2.75) is 38.2 Å². The lowest BCUT2D eigenvalue weighted by Gasteiger charge is -2.42. The standard InChI is InChI=1S/C17H24N2O3/c1-16(2,3)22-15(20)19-9-7-17(12-21-11-13(17)10-19)14-6-4-5-8-18-14/h4-6,8,13H,7,9-12H2,1-3H3. The molecule has 1 aromatic rings. The molecule has 2 saturated heterocycles. The molecule has 3 heterocycles. The fourth-order valence-electron chi connectivity index (χ4n) is 3.42. The quantitative estimate of drug-likeness (QED) is 0.800. The van der Waals surface area contributed by atoms with E-state index in [4.69, 9.17) is 9.47 Å². The van der Waals surface area contributed by atoms with Gasteiger partial charge in [-0.25, -0.2) is 4.79 Å². The topological polar surface area (TPSA) is 51.7 Å². The molecule has 2 aliphatic rings. The summed E-state index contributed by atoms with van der Waals surface area (Å²) in [4.78, 5) is 18.7. The van der Waals surface area contributed by atoms with Gasteiger partial charge in [-0.2, -0.15) is 0 Å². The molecule has 0 N–H and O–H groups in total. The molecule has 2 atom stereocenters. The van der Waals surface area contributed by atoms with Crippen LogP contribution in [0.1, 0.15) is 32.9 Å². The molecule has 0 aromatic carbocycles. The van der Waals surface area contributed by atoms with Crippen molar-refractivity contribution in [2.24, 2.45) is 5.92 Å². The zero-order chi connectivity index (χ0) is 15.8. The summed E-state index contributed by atoms with van der Waals surface area (Å²) in [6.45, 7) is 8.41. The highest BCUT2D eigenvalue weighted by molar-refractivity contribution is 5.68. The second-order valence-electron chi connectivity index (χ2n) is 7.26. The first-order valence-corrected chi connectivity index (χ1v) is 7.88. The number of likely N-dealkylation sites (tertiary alicyclic amines) is 1. The van der Waals surface area contributed by atoms with E-state index in [0.29, 0.717) is 26.3 Å². The van der Waals surface area contributed by atoms with Gasteiger partial charge in [0.25, 0.3) is 0 Å². The fourth-order valence-corrected chi connectivity index (χ4v) is 3.42. The molecule has 5 heteroatoms. The van der Waals surface area contributed by atoms with Gasteiger partial charge in [0.1, 0.15) is 5.60 Å². The van der Waals surface area contributed by atoms with Crippen molar-refractivity contribution in [3.05, 3.63) is 30.1 Å². The number of fused-ring (bicyclic) bond motifs is 1. The summed E-state index contributed by atoms with van der Waals surface area (Å²) >= 11 is 0. The first-order chi connectivity index (χ1) is 10.4. The van der Waals surface area contributed by atoms with Crippen LogP contribution in [0.3, 0.4) is 0 Å². The van der Waals surface area contributed by atoms with Crippen LogP contribution >= 0.6 is 0 Å². The summed E-state index contributed by atoms with van der Waals surface area (Å²) in [5, 5.41) is 0. The van der Waals surface area contributed by atoms with E-state index in [1.54, 1.807) is 0 Å². The number of amides is 1. The largest absolute Gasteiger partial charge is 0.444 e. The zero-order valence-corrected chi connectivity index (χ0v) is 13.5. The van der Waals surface area contributed by atoms with E-state index in [9.17, 15) is 4.79 Å². The molecule has 1 amide bonds. The number of aromatic nitrogens is 1. The van der Waals surface area contributed by atoms with Crippen LogP contribution in [0, 0.1) is 5.92 Å². The Morgan fingerprint density at radius 1 is 1.45 bits per heavy atom. The molecule has 2 unspecified atom stereocenters. The normalized spacial score (nSPS) is 28.3. The number of pyridine rings is 1. The second kappa shape index (κ2) is 5.54. The second-order valence-corrected chi connectivity index (χ2v) is 7.26. The highest BCUT2D eigenvalue weighted by atomic mass is 16.6. The van der Waals surface area contributed by atoms with E-state index in [2.05, 4.69) is 11.1 Å². The molecule has 22 heavy (non-hydrogen) atoms. The van der Waals surface area contributed by atoms with Crippen LogP contribution in [0.2, 0.25) is 0 Å². The van der Waals surface area contributed by atoms with Crippen molar-refractivity contribution in [1.82, 2.24) is 9.88 Å². The first-order valence-electron chi connectivity index (χ1n) is 7.88. The van der Waals surface area contributed by atoms with Gasteiger partial charge in [-0.15, -0.1) is 0 Å². The van der Waals surface area contributed by atoms with Crippen LogP contribution in [-0.2, 0) is 14.9 Å². The maximum atomic E-state index is 12.3. The molecular formula is C17H24N2O3. The number of ether oxygens (including phenoxy) is 2. The number of hydrogen-bond donors (Lipinski definition) is 0. The van der Waals surface area contributed by atoms with Crippen LogP contribution in [0.25, 0.3) is 0 Å². The maximum Gasteiger partial charge on any atom is 0.410 e. The summed E-state index contributed by atoms with van der Waals surface area (Å²) in [5.74, 6) is 0.281. The van der Waals surface area contributed by atoms with Gasteiger partial charge < -0.3 is 14.4 Å². The lowest BCUT2D eigenvalue weighted by Crippen LogP contribution is -2.52. The minimum Gasteiger partial charge on any atom is -0.444 e. The van der Waals surface area contributed by atoms with E-state index in [0.717, 1.165) is 12.1 Å². The van der Waals surface area contributed by atoms with Gasteiger partial charge in [-0.1, -0.05) is 6.07 Å². The molecule has 2 aliphatic heterocycles. The Morgan fingerprint density at radius 3 is 2.95 bits per heavy atom. The van der Waals surface area contributed by atoms with Gasteiger partial charge in [0.2, 0.25) is 0 Å². The molecular weight excluding hydrogens is 280 g/mol. The van der Waals surface area contributed by atoms with Crippen molar-refractivity contribution < 1.29 is 14.3 Å². The Hall–Kier alpha value is -1.62. The van der Waals surface area contributed by atoms with Crippen LogP contribution < -0.4 is 0 Å². The number of rotatable bonds is 1. The molecule has 120 valence electrons. The van der Waals surface area contributed by atoms with Gasteiger partial charge in [-0.05, 0) is 39.3 Å². The van der Waals surface area contributed by atoms with Gasteiger partial charge in [0.15, 0.2) is 0 Å². The SMILES string of the molecule is CC(C)(C)OC(=O)N1CCC2(c3ccccn3)COCC2C1. The molecule has 0 saturated carbocycles. The minimum absolute atomic E-state index is 0.0558. The lowest BCUT2D eigenvalue weighted by atomic mass is 9.70. The summed E-state index contributed by atoms with van der Waals surface area (Å²) in [6.07, 6.45) is 2.47. The number of piperidine rings is 1. The van der Waals surface area contributed by atoms with Crippen molar-refractivity contribution in [2.75, 3.05) is 26.3 Å². The smallest absolute Gasteiger partial charge is 0.410 e. The molecule has 0 radical (unpaired) electrons. The molecule has 5 nitrogen and oxygen atoms in total. The molecule has 0 bridgehead atoms. The monoisotopic (exact) mass is 304 g/mol. The van der Waals surface area contributed by atoms with Crippen molar-refractivity contribution in [1.29, 1.82) is 0 Å². The number of hydrogen-bond acceptors (Lipinski definition) is 4. The first kappa shape index (κ1) is 15.3. The van der Waals surface area contributed by atoms with E-state index < -0.39 is 5.60 Å². The number of carbonyl (C=O) groups is 1. The minimum atomic E-state index is -0.460. The van der Waals surface area contributed by atoms with Crippen molar-refractivity contribution in [3.8, 4) is 0 Å². The predicted octanol–water partition coefficient (Wildman–Crippen LogP) is 2.61. The van der Waals surface area contributed by atoms with Crippen molar-refractivity contribution >= 4 is 6.09 Å². The molecule has 0 aliphatic carbocycles. The Bertz CT molecular complexity index is 541. The van der Waals surface area contributed by atoms with Gasteiger partial charge >= 0.3 is 6.09 Å². The third kappa shape index (κ3) is 2.82. The van der Waals surface area contributed by atoms with Crippen LogP contribution in [0.15, 0.2) is 24.4 Å². The predicted molar refractivity (Wildman–Crippen MR) is 82.6 cm³/mol. The Labute approximate surface area is 131 Å². The summed E-state index contributed by atoms with van der Waals surface area (Å²) < 4.78 is 11.3. The molecule has 0 spiro atoms. The average molecular weight is 304 g/mol. The van der Waals surface area contributed by atoms with Gasteiger partial charge in [-0.3, -0.25) is 4.98 Å². The Morgan fingerprint density at radius 2 is 2.27 bits per heavy atom. The maximum absolute atomic E-state index is 12.3. The number of nitrogens with zero attached hydrogens (tertiary/aromatic N) is 2.